The second-order valence-electron chi connectivity index (χ2n) is 5.44. The molecule has 20 heavy (non-hydrogen) atoms. The maximum Gasteiger partial charge on any atom is 0.238 e. The fourth-order valence-electron chi connectivity index (χ4n) is 2.61. The zero-order valence-corrected chi connectivity index (χ0v) is 13.4. The Morgan fingerprint density at radius 2 is 2.30 bits per heavy atom. The fourth-order valence-corrected chi connectivity index (χ4v) is 3.90. The Bertz CT molecular complexity index is 470. The van der Waals surface area contributed by atoms with E-state index >= 15 is 0 Å². The van der Waals surface area contributed by atoms with Gasteiger partial charge in [-0.2, -0.15) is 11.8 Å². The molecule has 1 fully saturated rings. The number of rotatable bonds is 5. The van der Waals surface area contributed by atoms with Crippen molar-refractivity contribution in [3.05, 3.63) is 29.3 Å². The molecule has 0 spiro atoms. The number of nitrogens with zero attached hydrogens (tertiary/aromatic N) is 1. The topological polar surface area (TPSA) is 32.3 Å². The highest BCUT2D eigenvalue weighted by Gasteiger charge is 2.21. The van der Waals surface area contributed by atoms with E-state index in [1.165, 1.54) is 17.7 Å². The number of aryl methyl sites for hydroxylation is 2. The van der Waals surface area contributed by atoms with Crippen LogP contribution in [-0.2, 0) is 11.2 Å². The van der Waals surface area contributed by atoms with Crippen molar-refractivity contribution in [2.45, 2.75) is 32.7 Å². The van der Waals surface area contributed by atoms with E-state index in [-0.39, 0.29) is 5.91 Å². The molecule has 1 amide bonds. The van der Waals surface area contributed by atoms with Crippen LogP contribution in [0.25, 0.3) is 0 Å². The minimum atomic E-state index is 0.0911. The highest BCUT2D eigenvalue weighted by Crippen LogP contribution is 2.23. The molecular formula is C16H24N2OS. The number of thioether (sulfide) groups is 1. The molecule has 0 aliphatic carbocycles. The Morgan fingerprint density at radius 1 is 1.50 bits per heavy atom. The number of hydrogen-bond acceptors (Lipinski definition) is 3. The van der Waals surface area contributed by atoms with Crippen LogP contribution in [0.1, 0.15) is 24.5 Å². The van der Waals surface area contributed by atoms with Crippen LogP contribution in [-0.4, -0.2) is 41.9 Å². The van der Waals surface area contributed by atoms with Gasteiger partial charge < -0.3 is 5.32 Å². The van der Waals surface area contributed by atoms with Gasteiger partial charge >= 0.3 is 0 Å². The summed E-state index contributed by atoms with van der Waals surface area (Å²) >= 11 is 1.98. The Hall–Kier alpha value is -1.000. The number of para-hydroxylation sites is 1. The molecular weight excluding hydrogens is 268 g/mol. The first kappa shape index (κ1) is 15.4. The molecule has 1 aliphatic rings. The first-order chi connectivity index (χ1) is 9.61. The van der Waals surface area contributed by atoms with Crippen LogP contribution in [0.2, 0.25) is 0 Å². The first-order valence-corrected chi connectivity index (χ1v) is 8.43. The molecule has 3 nitrogen and oxygen atoms in total. The lowest BCUT2D eigenvalue weighted by Gasteiger charge is -2.23. The van der Waals surface area contributed by atoms with Crippen LogP contribution in [0.15, 0.2) is 18.2 Å². The number of anilines is 1. The second kappa shape index (κ2) is 7.14. The zero-order chi connectivity index (χ0) is 14.5. The summed E-state index contributed by atoms with van der Waals surface area (Å²) in [4.78, 5) is 14.4. The number of nitrogens with one attached hydrogen (secondary N) is 1. The summed E-state index contributed by atoms with van der Waals surface area (Å²) in [6, 6.07) is 6.73. The van der Waals surface area contributed by atoms with Gasteiger partial charge in [0.2, 0.25) is 5.91 Å². The van der Waals surface area contributed by atoms with Gasteiger partial charge in [-0.3, -0.25) is 9.69 Å². The van der Waals surface area contributed by atoms with Crippen LogP contribution in [0.5, 0.6) is 0 Å². The van der Waals surface area contributed by atoms with E-state index in [0.29, 0.717) is 12.6 Å². The Morgan fingerprint density at radius 3 is 2.95 bits per heavy atom. The van der Waals surface area contributed by atoms with Crippen LogP contribution in [0, 0.1) is 6.92 Å². The van der Waals surface area contributed by atoms with Crippen LogP contribution in [0.3, 0.4) is 0 Å². The number of hydrogen-bond donors (Lipinski definition) is 1. The van der Waals surface area contributed by atoms with Gasteiger partial charge in [0, 0.05) is 17.5 Å². The van der Waals surface area contributed by atoms with Gasteiger partial charge in [0.1, 0.15) is 0 Å². The van der Waals surface area contributed by atoms with Gasteiger partial charge in [-0.25, -0.2) is 0 Å². The van der Waals surface area contributed by atoms with Crippen molar-refractivity contribution in [2.24, 2.45) is 0 Å². The highest BCUT2D eigenvalue weighted by atomic mass is 32.2. The van der Waals surface area contributed by atoms with Crippen LogP contribution < -0.4 is 5.32 Å². The lowest BCUT2D eigenvalue weighted by atomic mass is 10.1. The molecule has 0 unspecified atom stereocenters. The summed E-state index contributed by atoms with van der Waals surface area (Å²) in [5.41, 5.74) is 3.34. The molecule has 1 heterocycles. The molecule has 4 heteroatoms. The van der Waals surface area contributed by atoms with Crippen molar-refractivity contribution in [3.8, 4) is 0 Å². The zero-order valence-electron chi connectivity index (χ0n) is 12.6. The van der Waals surface area contributed by atoms with Crippen molar-refractivity contribution in [2.75, 3.05) is 30.4 Å². The van der Waals surface area contributed by atoms with E-state index in [9.17, 15) is 4.79 Å². The van der Waals surface area contributed by atoms with E-state index in [1.807, 2.05) is 30.8 Å². The van der Waals surface area contributed by atoms with Gasteiger partial charge in [-0.1, -0.05) is 25.1 Å². The van der Waals surface area contributed by atoms with E-state index in [4.69, 9.17) is 0 Å². The molecule has 1 aromatic carbocycles. The van der Waals surface area contributed by atoms with Gasteiger partial charge in [-0.05, 0) is 43.7 Å². The molecule has 2 rings (SSSR count). The predicted molar refractivity (Wildman–Crippen MR) is 87.5 cm³/mol. The first-order valence-electron chi connectivity index (χ1n) is 7.28. The minimum Gasteiger partial charge on any atom is -0.324 e. The quantitative estimate of drug-likeness (QED) is 0.905. The van der Waals surface area contributed by atoms with Crippen LogP contribution >= 0.6 is 11.8 Å². The Labute approximate surface area is 126 Å². The minimum absolute atomic E-state index is 0.0911. The smallest absolute Gasteiger partial charge is 0.238 e. The number of amides is 1. The maximum absolute atomic E-state index is 12.2. The van der Waals surface area contributed by atoms with Crippen molar-refractivity contribution in [1.29, 1.82) is 0 Å². The molecule has 1 aliphatic heterocycles. The van der Waals surface area contributed by atoms with Gasteiger partial charge in [0.15, 0.2) is 0 Å². The number of carbonyl (C=O) groups excluding carboxylic acids is 1. The van der Waals surface area contributed by atoms with Gasteiger partial charge in [0.25, 0.3) is 0 Å². The summed E-state index contributed by atoms with van der Waals surface area (Å²) in [5.74, 6) is 2.45. The average Bonchev–Trinajstić information content (AvgIpc) is 2.95. The van der Waals surface area contributed by atoms with Gasteiger partial charge in [-0.15, -0.1) is 0 Å². The molecule has 0 aromatic heterocycles. The second-order valence-corrected chi connectivity index (χ2v) is 6.59. The standard InChI is InChI=1S/C16H24N2OS/c1-4-13-7-5-6-12(2)16(13)17-15(19)10-18(3)14-8-9-20-11-14/h5-7,14H,4,8-11H2,1-3H3,(H,17,19)/t14-/m0/s1. The third-order valence-electron chi connectivity index (χ3n) is 3.93. The fraction of sp³-hybridized carbons (Fsp3) is 0.562. The van der Waals surface area contributed by atoms with E-state index in [1.54, 1.807) is 0 Å². The molecule has 1 N–H and O–H groups in total. The lowest BCUT2D eigenvalue weighted by Crippen LogP contribution is -2.38. The summed E-state index contributed by atoms with van der Waals surface area (Å²) in [7, 11) is 2.05. The molecule has 1 saturated heterocycles. The van der Waals surface area contributed by atoms with Crippen molar-refractivity contribution in [1.82, 2.24) is 4.90 Å². The molecule has 110 valence electrons. The van der Waals surface area contributed by atoms with E-state index in [0.717, 1.165) is 23.4 Å². The molecule has 0 radical (unpaired) electrons. The van der Waals surface area contributed by atoms with Gasteiger partial charge in [0.05, 0.1) is 6.54 Å². The highest BCUT2D eigenvalue weighted by molar-refractivity contribution is 7.99. The van der Waals surface area contributed by atoms with E-state index in [2.05, 4.69) is 30.3 Å². The Balaban J connectivity index is 1.97. The SMILES string of the molecule is CCc1cccc(C)c1NC(=O)CN(C)[C@H]1CCSC1. The Kier molecular flexibility index (Phi) is 5.49. The maximum atomic E-state index is 12.2. The third kappa shape index (κ3) is 3.76. The third-order valence-corrected chi connectivity index (χ3v) is 5.07. The molecule has 0 bridgehead atoms. The van der Waals surface area contributed by atoms with Crippen LogP contribution in [0.4, 0.5) is 5.69 Å². The summed E-state index contributed by atoms with van der Waals surface area (Å²) < 4.78 is 0. The predicted octanol–water partition coefficient (Wildman–Crippen LogP) is 2.93. The summed E-state index contributed by atoms with van der Waals surface area (Å²) in [5, 5.41) is 3.10. The molecule has 0 saturated carbocycles. The average molecular weight is 292 g/mol. The van der Waals surface area contributed by atoms with Crippen molar-refractivity contribution < 1.29 is 4.79 Å². The molecule has 1 atom stereocenters. The van der Waals surface area contributed by atoms with Crippen molar-refractivity contribution >= 4 is 23.4 Å². The number of likely N-dealkylation sites (N-methyl/N-ethyl adjacent to an activating group) is 1. The normalized spacial score (nSPS) is 18.5. The summed E-state index contributed by atoms with van der Waals surface area (Å²) in [6.45, 7) is 4.64. The lowest BCUT2D eigenvalue weighted by molar-refractivity contribution is -0.117. The summed E-state index contributed by atoms with van der Waals surface area (Å²) in [6.07, 6.45) is 2.13. The number of benzene rings is 1. The number of carbonyl (C=O) groups is 1. The largest absolute Gasteiger partial charge is 0.324 e. The monoisotopic (exact) mass is 292 g/mol. The van der Waals surface area contributed by atoms with Crippen molar-refractivity contribution in [3.63, 3.8) is 0 Å². The van der Waals surface area contributed by atoms with E-state index < -0.39 is 0 Å². The molecule has 1 aromatic rings.